The molecular formula is C21H24ClN3O4S. The quantitative estimate of drug-likeness (QED) is 0.734. The van der Waals surface area contributed by atoms with E-state index in [1.807, 2.05) is 13.0 Å². The van der Waals surface area contributed by atoms with Crippen LogP contribution in [0.25, 0.3) is 0 Å². The summed E-state index contributed by atoms with van der Waals surface area (Å²) in [4.78, 5) is 25.9. The van der Waals surface area contributed by atoms with Gasteiger partial charge < -0.3 is 10.2 Å². The number of nitrogens with zero attached hydrogens (tertiary/aromatic N) is 2. The summed E-state index contributed by atoms with van der Waals surface area (Å²) in [7, 11) is -2.50. The van der Waals surface area contributed by atoms with Crippen LogP contribution in [0.2, 0.25) is 5.02 Å². The zero-order chi connectivity index (χ0) is 22.1. The van der Waals surface area contributed by atoms with Crippen LogP contribution < -0.4 is 10.2 Å². The predicted molar refractivity (Wildman–Crippen MR) is 116 cm³/mol. The van der Waals surface area contributed by atoms with Crippen molar-refractivity contribution in [3.8, 4) is 0 Å². The van der Waals surface area contributed by atoms with E-state index in [1.165, 1.54) is 20.0 Å². The number of hydrogen-bond donors (Lipinski definition) is 1. The van der Waals surface area contributed by atoms with Crippen LogP contribution in [-0.4, -0.2) is 44.2 Å². The second-order valence-corrected chi connectivity index (χ2v) is 9.81. The topological polar surface area (TPSA) is 86.8 Å². The number of anilines is 1. The van der Waals surface area contributed by atoms with Gasteiger partial charge in [0.05, 0.1) is 11.4 Å². The minimum atomic E-state index is -3.86. The molecule has 1 aliphatic heterocycles. The lowest BCUT2D eigenvalue weighted by atomic mass is 10.1. The lowest BCUT2D eigenvalue weighted by Crippen LogP contribution is -2.38. The van der Waals surface area contributed by atoms with Crippen LogP contribution >= 0.6 is 11.6 Å². The molecule has 1 aliphatic rings. The van der Waals surface area contributed by atoms with Gasteiger partial charge in [-0.2, -0.15) is 4.31 Å². The number of halogens is 1. The van der Waals surface area contributed by atoms with E-state index >= 15 is 0 Å². The molecule has 0 fully saturated rings. The fourth-order valence-electron chi connectivity index (χ4n) is 3.61. The van der Waals surface area contributed by atoms with Crippen molar-refractivity contribution >= 4 is 39.1 Å². The van der Waals surface area contributed by atoms with Crippen LogP contribution in [0.3, 0.4) is 0 Å². The van der Waals surface area contributed by atoms with Gasteiger partial charge in [-0.15, -0.1) is 0 Å². The van der Waals surface area contributed by atoms with Crippen molar-refractivity contribution in [2.24, 2.45) is 0 Å². The SMILES string of the molecule is CC(=O)N1c2ccc(S(=O)(=O)N(C)CC(=O)NCc3ccccc3Cl)cc2C[C@H]1C. The summed E-state index contributed by atoms with van der Waals surface area (Å²) in [6.07, 6.45) is 0.584. The Bertz CT molecular complexity index is 1090. The van der Waals surface area contributed by atoms with Crippen LogP contribution in [0.1, 0.15) is 25.0 Å². The molecule has 0 bridgehead atoms. The van der Waals surface area contributed by atoms with Gasteiger partial charge in [-0.3, -0.25) is 9.59 Å². The first-order valence-electron chi connectivity index (χ1n) is 9.50. The number of rotatable bonds is 6. The molecule has 3 rings (SSSR count). The van der Waals surface area contributed by atoms with E-state index in [2.05, 4.69) is 5.32 Å². The monoisotopic (exact) mass is 449 g/mol. The van der Waals surface area contributed by atoms with E-state index in [-0.39, 0.29) is 29.9 Å². The van der Waals surface area contributed by atoms with Crippen molar-refractivity contribution in [1.82, 2.24) is 9.62 Å². The van der Waals surface area contributed by atoms with Gasteiger partial charge in [-0.25, -0.2) is 8.42 Å². The molecule has 1 heterocycles. The number of likely N-dealkylation sites (N-methyl/N-ethyl adjacent to an activating group) is 1. The molecule has 1 N–H and O–H groups in total. The summed E-state index contributed by atoms with van der Waals surface area (Å²) in [5, 5.41) is 3.22. The molecule has 0 saturated heterocycles. The molecule has 0 aromatic heterocycles. The van der Waals surface area contributed by atoms with Gasteiger partial charge in [-0.1, -0.05) is 29.8 Å². The van der Waals surface area contributed by atoms with Gasteiger partial charge in [0.15, 0.2) is 0 Å². The Balaban J connectivity index is 1.69. The normalized spacial score (nSPS) is 15.9. The standard InChI is InChI=1S/C21H24ClN3O4S/c1-14-10-17-11-18(8-9-20(17)25(14)15(2)26)30(28,29)24(3)13-21(27)23-12-16-6-4-5-7-19(16)22/h4-9,11,14H,10,12-13H2,1-3H3,(H,23,27)/t14-/m1/s1. The molecule has 160 valence electrons. The number of carbonyl (C=O) groups is 2. The Morgan fingerprint density at radius 2 is 1.93 bits per heavy atom. The van der Waals surface area contributed by atoms with Gasteiger partial charge in [0.25, 0.3) is 0 Å². The molecule has 0 spiro atoms. The number of benzene rings is 2. The molecule has 1 atom stereocenters. The molecule has 0 unspecified atom stereocenters. The molecule has 0 radical (unpaired) electrons. The highest BCUT2D eigenvalue weighted by Gasteiger charge is 2.31. The number of fused-ring (bicyclic) bond motifs is 1. The average molecular weight is 450 g/mol. The highest BCUT2D eigenvalue weighted by Crippen LogP contribution is 2.34. The van der Waals surface area contributed by atoms with Gasteiger partial charge in [0, 0.05) is 37.3 Å². The Hall–Kier alpha value is -2.42. The van der Waals surface area contributed by atoms with Crippen LogP contribution in [0.5, 0.6) is 0 Å². The number of sulfonamides is 1. The Kier molecular flexibility index (Phi) is 6.50. The van der Waals surface area contributed by atoms with Crippen LogP contribution in [0, 0.1) is 0 Å². The van der Waals surface area contributed by atoms with Gasteiger partial charge >= 0.3 is 0 Å². The van der Waals surface area contributed by atoms with Gasteiger partial charge in [0.1, 0.15) is 0 Å². The summed E-state index contributed by atoms with van der Waals surface area (Å²) in [5.41, 5.74) is 2.28. The molecule has 2 aromatic rings. The van der Waals surface area contributed by atoms with Crippen molar-refractivity contribution in [1.29, 1.82) is 0 Å². The average Bonchev–Trinajstić information content (AvgIpc) is 3.02. The highest BCUT2D eigenvalue weighted by molar-refractivity contribution is 7.89. The molecule has 0 saturated carbocycles. The second kappa shape index (κ2) is 8.75. The van der Waals surface area contributed by atoms with Gasteiger partial charge in [-0.05, 0) is 48.7 Å². The van der Waals surface area contributed by atoms with E-state index in [4.69, 9.17) is 11.6 Å². The number of carbonyl (C=O) groups excluding carboxylic acids is 2. The van der Waals surface area contributed by atoms with Crippen molar-refractivity contribution in [3.05, 3.63) is 58.6 Å². The van der Waals surface area contributed by atoms with Crippen molar-refractivity contribution < 1.29 is 18.0 Å². The smallest absolute Gasteiger partial charge is 0.243 e. The number of amides is 2. The number of hydrogen-bond acceptors (Lipinski definition) is 4. The summed E-state index contributed by atoms with van der Waals surface area (Å²) < 4.78 is 26.9. The van der Waals surface area contributed by atoms with E-state index < -0.39 is 15.9 Å². The van der Waals surface area contributed by atoms with Crippen molar-refractivity contribution in [2.75, 3.05) is 18.5 Å². The Morgan fingerprint density at radius 1 is 1.23 bits per heavy atom. The summed E-state index contributed by atoms with van der Waals surface area (Å²) >= 11 is 6.07. The van der Waals surface area contributed by atoms with Crippen molar-refractivity contribution in [3.63, 3.8) is 0 Å². The van der Waals surface area contributed by atoms with E-state index in [0.29, 0.717) is 11.4 Å². The minimum Gasteiger partial charge on any atom is -0.351 e. The summed E-state index contributed by atoms with van der Waals surface area (Å²) in [6.45, 7) is 3.31. The molecule has 30 heavy (non-hydrogen) atoms. The van der Waals surface area contributed by atoms with Crippen molar-refractivity contribution in [2.45, 2.75) is 37.8 Å². The summed E-state index contributed by atoms with van der Waals surface area (Å²) in [6, 6.07) is 11.8. The molecule has 2 amide bonds. The lowest BCUT2D eigenvalue weighted by Gasteiger charge is -2.21. The zero-order valence-corrected chi connectivity index (χ0v) is 18.6. The van der Waals surface area contributed by atoms with Gasteiger partial charge in [0.2, 0.25) is 21.8 Å². The Labute approximate surface area is 181 Å². The van der Waals surface area contributed by atoms with Crippen LogP contribution in [0.4, 0.5) is 5.69 Å². The Morgan fingerprint density at radius 3 is 2.60 bits per heavy atom. The minimum absolute atomic E-state index is 0.0243. The summed E-state index contributed by atoms with van der Waals surface area (Å²) in [5.74, 6) is -0.511. The van der Waals surface area contributed by atoms with E-state index in [1.54, 1.807) is 35.2 Å². The van der Waals surface area contributed by atoms with Crippen LogP contribution in [-0.2, 0) is 32.6 Å². The first kappa shape index (κ1) is 22.3. The number of nitrogens with one attached hydrogen (secondary N) is 1. The van der Waals surface area contributed by atoms with E-state index in [9.17, 15) is 18.0 Å². The fourth-order valence-corrected chi connectivity index (χ4v) is 4.99. The third-order valence-corrected chi connectivity index (χ3v) is 7.28. The molecule has 7 nitrogen and oxygen atoms in total. The lowest BCUT2D eigenvalue weighted by molar-refractivity contribution is -0.121. The maximum Gasteiger partial charge on any atom is 0.243 e. The highest BCUT2D eigenvalue weighted by atomic mass is 35.5. The maximum absolute atomic E-state index is 12.9. The largest absolute Gasteiger partial charge is 0.351 e. The first-order valence-corrected chi connectivity index (χ1v) is 11.3. The second-order valence-electron chi connectivity index (χ2n) is 7.36. The molecule has 0 aliphatic carbocycles. The molecule has 2 aromatic carbocycles. The van der Waals surface area contributed by atoms with E-state index in [0.717, 1.165) is 21.1 Å². The zero-order valence-electron chi connectivity index (χ0n) is 17.1. The third kappa shape index (κ3) is 4.50. The molecule has 9 heteroatoms. The molecular weight excluding hydrogens is 426 g/mol. The van der Waals surface area contributed by atoms with Crippen LogP contribution in [0.15, 0.2) is 47.4 Å². The predicted octanol–water partition coefficient (Wildman–Crippen LogP) is 2.57. The maximum atomic E-state index is 12.9. The fraction of sp³-hybridized carbons (Fsp3) is 0.333. The first-order chi connectivity index (χ1) is 14.1. The third-order valence-electron chi connectivity index (χ3n) is 5.11.